The van der Waals surface area contributed by atoms with E-state index in [0.29, 0.717) is 12.0 Å². The van der Waals surface area contributed by atoms with Gasteiger partial charge in [-0.25, -0.2) is 9.59 Å². The van der Waals surface area contributed by atoms with Crippen molar-refractivity contribution >= 4 is 29.7 Å². The molecule has 1 heterocycles. The lowest BCUT2D eigenvalue weighted by Gasteiger charge is -2.33. The van der Waals surface area contributed by atoms with Gasteiger partial charge >= 0.3 is 18.0 Å². The Bertz CT molecular complexity index is 993. The van der Waals surface area contributed by atoms with Crippen LogP contribution in [0.15, 0.2) is 30.3 Å². The summed E-state index contributed by atoms with van der Waals surface area (Å²) in [4.78, 5) is 62.4. The molecule has 0 spiro atoms. The fraction of sp³-hybridized carbons (Fsp3) is 0.560. The Kier molecular flexibility index (Phi) is 10.2. The first-order chi connectivity index (χ1) is 17.3. The summed E-state index contributed by atoms with van der Waals surface area (Å²) in [6.45, 7) is 6.29. The van der Waals surface area contributed by atoms with Crippen molar-refractivity contribution in [3.8, 4) is 0 Å². The number of esters is 1. The molecule has 0 radical (unpaired) electrons. The summed E-state index contributed by atoms with van der Waals surface area (Å²) in [5, 5.41) is 27.7. The largest absolute Gasteiger partial charge is 0.481 e. The summed E-state index contributed by atoms with van der Waals surface area (Å²) in [6.07, 6.45) is -1.23. The number of aliphatic hydroxyl groups is 1. The molecule has 4 atom stereocenters. The number of alkyl carbamates (subject to hydrolysis) is 1. The van der Waals surface area contributed by atoms with Crippen LogP contribution in [0.5, 0.6) is 0 Å². The third-order valence-electron chi connectivity index (χ3n) is 5.56. The average Bonchev–Trinajstić information content (AvgIpc) is 3.14. The standard InChI is InChI=1S/C25H35N3O9/c1-5-9-18(29)16-13-26-25(35,22(33)37-24(2,3)4)20(16)28-21(32)17(12-19(30)31)27-23(34)36-14-15-10-7-6-8-11-15/h6-8,10-11,16-17,20,26,35H,5,9,12-14H2,1-4H3,(H,27,34)(H,28,32)(H,30,31)/t16?,17-,20-,25-/m0/s1. The second-order valence-electron chi connectivity index (χ2n) is 9.81. The molecular formula is C25H35N3O9. The number of benzene rings is 1. The third-order valence-corrected chi connectivity index (χ3v) is 5.56. The van der Waals surface area contributed by atoms with Crippen LogP contribution in [-0.2, 0) is 35.3 Å². The molecule has 1 aliphatic rings. The molecule has 12 nitrogen and oxygen atoms in total. The predicted molar refractivity (Wildman–Crippen MR) is 130 cm³/mol. The van der Waals surface area contributed by atoms with Crippen molar-refractivity contribution in [2.45, 2.75) is 77.0 Å². The monoisotopic (exact) mass is 521 g/mol. The molecule has 0 bridgehead atoms. The van der Waals surface area contributed by atoms with Crippen LogP contribution in [-0.4, -0.2) is 69.9 Å². The highest BCUT2D eigenvalue weighted by atomic mass is 16.6. The molecule has 37 heavy (non-hydrogen) atoms. The fourth-order valence-electron chi connectivity index (χ4n) is 3.82. The highest BCUT2D eigenvalue weighted by Gasteiger charge is 2.57. The minimum absolute atomic E-state index is 0.118. The van der Waals surface area contributed by atoms with E-state index in [1.165, 1.54) is 0 Å². The first-order valence-electron chi connectivity index (χ1n) is 12.0. The molecule has 1 aliphatic heterocycles. The number of Topliss-reactive ketones (excluding diaryl/α,β-unsaturated/α-hetero) is 1. The first-order valence-corrected chi connectivity index (χ1v) is 12.0. The Labute approximate surface area is 215 Å². The summed E-state index contributed by atoms with van der Waals surface area (Å²) in [6, 6.07) is 5.60. The lowest BCUT2D eigenvalue weighted by molar-refractivity contribution is -0.182. The van der Waals surface area contributed by atoms with Gasteiger partial charge in [0.1, 0.15) is 24.0 Å². The maximum Gasteiger partial charge on any atom is 0.408 e. The number of carbonyl (C=O) groups is 5. The van der Waals surface area contributed by atoms with Crippen LogP contribution in [0.1, 0.15) is 52.5 Å². The van der Waals surface area contributed by atoms with E-state index in [4.69, 9.17) is 9.47 Å². The normalized spacial score (nSPS) is 22.0. The number of nitrogens with one attached hydrogen (secondary N) is 3. The zero-order valence-electron chi connectivity index (χ0n) is 21.4. The Morgan fingerprint density at radius 1 is 1.16 bits per heavy atom. The number of amides is 2. The van der Waals surface area contributed by atoms with Crippen molar-refractivity contribution in [2.24, 2.45) is 5.92 Å². The van der Waals surface area contributed by atoms with E-state index in [-0.39, 0.29) is 25.4 Å². The van der Waals surface area contributed by atoms with E-state index in [0.717, 1.165) is 0 Å². The van der Waals surface area contributed by atoms with Gasteiger partial charge in [0.15, 0.2) is 0 Å². The third kappa shape index (κ3) is 8.53. The van der Waals surface area contributed by atoms with Gasteiger partial charge in [-0.1, -0.05) is 37.3 Å². The molecule has 2 rings (SSSR count). The quantitative estimate of drug-likeness (QED) is 0.262. The van der Waals surface area contributed by atoms with E-state index < -0.39 is 59.7 Å². The van der Waals surface area contributed by atoms with Crippen molar-refractivity contribution in [3.63, 3.8) is 0 Å². The SMILES string of the molecule is CCCC(=O)C1CN[C@@](O)(C(=O)OC(C)(C)C)[C@H]1NC(=O)[C@H](CC(=O)O)NC(=O)OCc1ccccc1. The maximum atomic E-state index is 13.1. The summed E-state index contributed by atoms with van der Waals surface area (Å²) in [5.41, 5.74) is -2.77. The molecule has 5 N–H and O–H groups in total. The smallest absolute Gasteiger partial charge is 0.408 e. The summed E-state index contributed by atoms with van der Waals surface area (Å²) < 4.78 is 10.4. The molecule has 1 saturated heterocycles. The lowest BCUT2D eigenvalue weighted by Crippen LogP contribution is -2.65. The van der Waals surface area contributed by atoms with E-state index >= 15 is 0 Å². The molecule has 2 amide bonds. The van der Waals surface area contributed by atoms with Gasteiger partial charge in [-0.3, -0.25) is 19.7 Å². The Balaban J connectivity index is 2.22. The maximum absolute atomic E-state index is 13.1. The Hall–Kier alpha value is -3.51. The minimum Gasteiger partial charge on any atom is -0.481 e. The number of carboxylic acids is 1. The number of hydrogen-bond donors (Lipinski definition) is 5. The van der Waals surface area contributed by atoms with Crippen molar-refractivity contribution in [2.75, 3.05) is 6.54 Å². The van der Waals surface area contributed by atoms with Crippen LogP contribution in [0.2, 0.25) is 0 Å². The van der Waals surface area contributed by atoms with Crippen molar-refractivity contribution in [3.05, 3.63) is 35.9 Å². The average molecular weight is 522 g/mol. The van der Waals surface area contributed by atoms with Crippen LogP contribution in [0.25, 0.3) is 0 Å². The highest BCUT2D eigenvalue weighted by molar-refractivity contribution is 5.92. The van der Waals surface area contributed by atoms with Crippen molar-refractivity contribution < 1.29 is 43.7 Å². The van der Waals surface area contributed by atoms with Crippen molar-refractivity contribution in [1.29, 1.82) is 0 Å². The van der Waals surface area contributed by atoms with Crippen LogP contribution in [0.4, 0.5) is 4.79 Å². The van der Waals surface area contributed by atoms with Gasteiger partial charge in [-0.2, -0.15) is 0 Å². The number of aliphatic carboxylic acids is 1. The molecule has 1 unspecified atom stereocenters. The van der Waals surface area contributed by atoms with Gasteiger partial charge in [0.25, 0.3) is 0 Å². The summed E-state index contributed by atoms with van der Waals surface area (Å²) in [7, 11) is 0. The summed E-state index contributed by atoms with van der Waals surface area (Å²) >= 11 is 0. The van der Waals surface area contributed by atoms with Gasteiger partial charge < -0.3 is 30.3 Å². The van der Waals surface area contributed by atoms with Gasteiger partial charge in [0.05, 0.1) is 18.4 Å². The zero-order valence-corrected chi connectivity index (χ0v) is 21.4. The van der Waals surface area contributed by atoms with Crippen LogP contribution in [0.3, 0.4) is 0 Å². The predicted octanol–water partition coefficient (Wildman–Crippen LogP) is 0.860. The van der Waals surface area contributed by atoms with E-state index in [1.807, 2.05) is 0 Å². The molecule has 1 aromatic rings. The Morgan fingerprint density at radius 3 is 2.38 bits per heavy atom. The van der Waals surface area contributed by atoms with Gasteiger partial charge in [-0.05, 0) is 32.8 Å². The van der Waals surface area contributed by atoms with Crippen LogP contribution in [0, 0.1) is 5.92 Å². The molecule has 0 saturated carbocycles. The van der Waals surface area contributed by atoms with Crippen molar-refractivity contribution in [1.82, 2.24) is 16.0 Å². The Morgan fingerprint density at radius 2 is 1.81 bits per heavy atom. The first kappa shape index (κ1) is 29.7. The van der Waals surface area contributed by atoms with Crippen LogP contribution < -0.4 is 16.0 Å². The number of carboxylic acid groups (broad SMARTS) is 1. The lowest BCUT2D eigenvalue weighted by atomic mass is 9.89. The van der Waals surface area contributed by atoms with E-state index in [1.54, 1.807) is 58.0 Å². The van der Waals surface area contributed by atoms with Gasteiger partial charge in [-0.15, -0.1) is 0 Å². The molecular weight excluding hydrogens is 486 g/mol. The van der Waals surface area contributed by atoms with E-state index in [9.17, 15) is 34.2 Å². The molecule has 12 heteroatoms. The molecule has 1 fully saturated rings. The second-order valence-corrected chi connectivity index (χ2v) is 9.81. The fourth-order valence-corrected chi connectivity index (χ4v) is 3.82. The molecule has 204 valence electrons. The molecule has 1 aromatic carbocycles. The number of ketones is 1. The minimum atomic E-state index is -2.46. The van der Waals surface area contributed by atoms with Crippen LogP contribution >= 0.6 is 0 Å². The molecule has 0 aliphatic carbocycles. The topological polar surface area (TPSA) is 180 Å². The number of ether oxygens (including phenoxy) is 2. The highest BCUT2D eigenvalue weighted by Crippen LogP contribution is 2.28. The van der Waals surface area contributed by atoms with E-state index in [2.05, 4.69) is 16.0 Å². The number of hydrogen-bond acceptors (Lipinski definition) is 9. The molecule has 0 aromatic heterocycles. The summed E-state index contributed by atoms with van der Waals surface area (Å²) in [5.74, 6) is -4.85. The second kappa shape index (κ2) is 12.6. The number of carbonyl (C=O) groups excluding carboxylic acids is 4. The number of rotatable bonds is 11. The van der Waals surface area contributed by atoms with Gasteiger partial charge in [0.2, 0.25) is 11.6 Å². The van der Waals surface area contributed by atoms with Gasteiger partial charge in [0, 0.05) is 13.0 Å². The zero-order chi connectivity index (χ0) is 27.8.